The molecule has 0 aliphatic rings. The normalized spacial score (nSPS) is 15.9. The Morgan fingerprint density at radius 1 is 1.00 bits per heavy atom. The number of hydrogen-bond donors (Lipinski definition) is 0. The average molecular weight is 142 g/mol. The smallest absolute Gasteiger partial charge is 0.0380 e. The van der Waals surface area contributed by atoms with Crippen LogP contribution in [0.1, 0.15) is 48.0 Å². The molecule has 0 aromatic rings. The minimum Gasteiger partial charge on any atom is -0.0625 e. The Morgan fingerprint density at radius 2 is 1.40 bits per heavy atom. The van der Waals surface area contributed by atoms with Gasteiger partial charge in [0.1, 0.15) is 0 Å². The molecule has 0 aliphatic carbocycles. The van der Waals surface area contributed by atoms with Gasteiger partial charge in [0, 0.05) is 0 Å². The molecule has 0 aliphatic heterocycles. The maximum Gasteiger partial charge on any atom is -0.0380 e. The van der Waals surface area contributed by atoms with E-state index in [9.17, 15) is 0 Å². The van der Waals surface area contributed by atoms with Crippen molar-refractivity contribution in [3.05, 3.63) is 0 Å². The van der Waals surface area contributed by atoms with Gasteiger partial charge in [0.2, 0.25) is 0 Å². The largest absolute Gasteiger partial charge is 0.0625 e. The van der Waals surface area contributed by atoms with Crippen molar-refractivity contribution in [2.45, 2.75) is 48.0 Å². The van der Waals surface area contributed by atoms with E-state index in [1.807, 2.05) is 0 Å². The minimum atomic E-state index is 0.504. The second-order valence-corrected chi connectivity index (χ2v) is 4.99. The van der Waals surface area contributed by atoms with Gasteiger partial charge in [0.15, 0.2) is 0 Å². The minimum absolute atomic E-state index is 0.504. The Bertz CT molecular complexity index is 84.7. The SMILES string of the molecule is CC(C)C(C)CC(C)(C)C. The Labute approximate surface area is 66.0 Å². The standard InChI is InChI=1S/C10H22/c1-8(2)9(3)7-10(4,5)6/h8-9H,7H2,1-6H3. The molecule has 0 bridgehead atoms. The van der Waals surface area contributed by atoms with Gasteiger partial charge in [-0.1, -0.05) is 41.5 Å². The topological polar surface area (TPSA) is 0 Å². The Kier molecular flexibility index (Phi) is 3.41. The van der Waals surface area contributed by atoms with Crippen LogP contribution in [0.3, 0.4) is 0 Å². The van der Waals surface area contributed by atoms with E-state index in [2.05, 4.69) is 41.5 Å². The van der Waals surface area contributed by atoms with Crippen molar-refractivity contribution in [3.63, 3.8) is 0 Å². The van der Waals surface area contributed by atoms with Crippen LogP contribution in [0.2, 0.25) is 0 Å². The van der Waals surface area contributed by atoms with Crippen LogP contribution in [0.15, 0.2) is 0 Å². The molecule has 0 saturated carbocycles. The molecule has 10 heavy (non-hydrogen) atoms. The van der Waals surface area contributed by atoms with Crippen LogP contribution < -0.4 is 0 Å². The molecule has 1 atom stereocenters. The molecule has 0 rings (SSSR count). The quantitative estimate of drug-likeness (QED) is 0.551. The second-order valence-electron chi connectivity index (χ2n) is 4.99. The third-order valence-corrected chi connectivity index (χ3v) is 2.07. The van der Waals surface area contributed by atoms with E-state index >= 15 is 0 Å². The van der Waals surface area contributed by atoms with Crippen LogP contribution in [-0.4, -0.2) is 0 Å². The van der Waals surface area contributed by atoms with Crippen LogP contribution >= 0.6 is 0 Å². The number of hydrogen-bond acceptors (Lipinski definition) is 0. The lowest BCUT2D eigenvalue weighted by atomic mass is 9.81. The van der Waals surface area contributed by atoms with Gasteiger partial charge in [-0.3, -0.25) is 0 Å². The van der Waals surface area contributed by atoms with Gasteiger partial charge in [-0.05, 0) is 23.7 Å². The summed E-state index contributed by atoms with van der Waals surface area (Å²) in [6.07, 6.45) is 1.34. The molecule has 0 spiro atoms. The molecular weight excluding hydrogens is 120 g/mol. The molecule has 62 valence electrons. The lowest BCUT2D eigenvalue weighted by Crippen LogP contribution is -2.14. The monoisotopic (exact) mass is 142 g/mol. The van der Waals surface area contributed by atoms with Crippen LogP contribution in [0.4, 0.5) is 0 Å². The zero-order valence-corrected chi connectivity index (χ0v) is 8.36. The zero-order chi connectivity index (χ0) is 8.36. The molecule has 0 aromatic carbocycles. The molecule has 1 unspecified atom stereocenters. The predicted molar refractivity (Wildman–Crippen MR) is 48.1 cm³/mol. The maximum absolute atomic E-state index is 2.34. The molecule has 0 nitrogen and oxygen atoms in total. The summed E-state index contributed by atoms with van der Waals surface area (Å²) in [5.41, 5.74) is 0.504. The molecule has 0 saturated heterocycles. The fourth-order valence-electron chi connectivity index (χ4n) is 1.20. The van der Waals surface area contributed by atoms with Crippen LogP contribution in [0.5, 0.6) is 0 Å². The highest BCUT2D eigenvalue weighted by Crippen LogP contribution is 2.27. The van der Waals surface area contributed by atoms with Crippen molar-refractivity contribution in [2.75, 3.05) is 0 Å². The van der Waals surface area contributed by atoms with Crippen molar-refractivity contribution < 1.29 is 0 Å². The van der Waals surface area contributed by atoms with Crippen LogP contribution in [-0.2, 0) is 0 Å². The number of rotatable bonds is 2. The summed E-state index contributed by atoms with van der Waals surface area (Å²) < 4.78 is 0. The van der Waals surface area contributed by atoms with E-state index in [-0.39, 0.29) is 0 Å². The van der Waals surface area contributed by atoms with Gasteiger partial charge >= 0.3 is 0 Å². The van der Waals surface area contributed by atoms with Crippen LogP contribution in [0, 0.1) is 17.3 Å². The predicted octanol–water partition coefficient (Wildman–Crippen LogP) is 3.71. The third kappa shape index (κ3) is 4.84. The average Bonchev–Trinajstić information content (AvgIpc) is 1.60. The first kappa shape index (κ1) is 10.0. The fraction of sp³-hybridized carbons (Fsp3) is 1.00. The first-order chi connectivity index (χ1) is 4.33. The van der Waals surface area contributed by atoms with E-state index in [4.69, 9.17) is 0 Å². The summed E-state index contributed by atoms with van der Waals surface area (Å²) >= 11 is 0. The van der Waals surface area contributed by atoms with Crippen molar-refractivity contribution in [2.24, 2.45) is 17.3 Å². The highest BCUT2D eigenvalue weighted by molar-refractivity contribution is 4.67. The summed E-state index contributed by atoms with van der Waals surface area (Å²) in [6, 6.07) is 0. The van der Waals surface area contributed by atoms with Gasteiger partial charge in [-0.15, -0.1) is 0 Å². The summed E-state index contributed by atoms with van der Waals surface area (Å²) in [4.78, 5) is 0. The Hall–Kier alpha value is 0. The first-order valence-electron chi connectivity index (χ1n) is 4.33. The Balaban J connectivity index is 3.68. The first-order valence-corrected chi connectivity index (χ1v) is 4.33. The van der Waals surface area contributed by atoms with Gasteiger partial charge in [-0.25, -0.2) is 0 Å². The summed E-state index contributed by atoms with van der Waals surface area (Å²) in [7, 11) is 0. The van der Waals surface area contributed by atoms with Gasteiger partial charge in [0.25, 0.3) is 0 Å². The third-order valence-electron chi connectivity index (χ3n) is 2.07. The summed E-state index contributed by atoms with van der Waals surface area (Å²) in [5.74, 6) is 1.69. The highest BCUT2D eigenvalue weighted by atomic mass is 14.2. The van der Waals surface area contributed by atoms with Crippen LogP contribution in [0.25, 0.3) is 0 Å². The van der Waals surface area contributed by atoms with Gasteiger partial charge in [-0.2, -0.15) is 0 Å². The highest BCUT2D eigenvalue weighted by Gasteiger charge is 2.16. The van der Waals surface area contributed by atoms with Crippen molar-refractivity contribution in [1.82, 2.24) is 0 Å². The summed E-state index contributed by atoms with van der Waals surface area (Å²) in [5, 5.41) is 0. The molecular formula is C10H22. The second kappa shape index (κ2) is 3.41. The van der Waals surface area contributed by atoms with E-state index in [0.29, 0.717) is 5.41 Å². The van der Waals surface area contributed by atoms with Gasteiger partial charge < -0.3 is 0 Å². The molecule has 0 heterocycles. The van der Waals surface area contributed by atoms with Gasteiger partial charge in [0.05, 0.1) is 0 Å². The van der Waals surface area contributed by atoms with E-state index < -0.39 is 0 Å². The zero-order valence-electron chi connectivity index (χ0n) is 8.36. The maximum atomic E-state index is 2.34. The van der Waals surface area contributed by atoms with Crippen molar-refractivity contribution >= 4 is 0 Å². The van der Waals surface area contributed by atoms with E-state index in [0.717, 1.165) is 11.8 Å². The van der Waals surface area contributed by atoms with E-state index in [1.54, 1.807) is 0 Å². The molecule has 0 radical (unpaired) electrons. The fourth-order valence-corrected chi connectivity index (χ4v) is 1.20. The molecule has 0 N–H and O–H groups in total. The van der Waals surface area contributed by atoms with E-state index in [1.165, 1.54) is 6.42 Å². The molecule has 0 heteroatoms. The lowest BCUT2D eigenvalue weighted by Gasteiger charge is -2.25. The van der Waals surface area contributed by atoms with Crippen molar-refractivity contribution in [1.29, 1.82) is 0 Å². The molecule has 0 amide bonds. The Morgan fingerprint density at radius 3 is 1.50 bits per heavy atom. The summed E-state index contributed by atoms with van der Waals surface area (Å²) in [6.45, 7) is 13.9. The molecule has 0 aromatic heterocycles. The van der Waals surface area contributed by atoms with Crippen molar-refractivity contribution in [3.8, 4) is 0 Å². The lowest BCUT2D eigenvalue weighted by molar-refractivity contribution is 0.260. The molecule has 0 fully saturated rings.